The van der Waals surface area contributed by atoms with Gasteiger partial charge in [-0.05, 0) is 38.5 Å². The molecule has 0 amide bonds. The number of guanidine groups is 1. The van der Waals surface area contributed by atoms with Gasteiger partial charge in [0, 0.05) is 27.2 Å². The van der Waals surface area contributed by atoms with E-state index < -0.39 is 15.8 Å². The van der Waals surface area contributed by atoms with Crippen molar-refractivity contribution in [3.8, 4) is 0 Å². The molecule has 25 heavy (non-hydrogen) atoms. The van der Waals surface area contributed by atoms with Gasteiger partial charge >= 0.3 is 0 Å². The van der Waals surface area contributed by atoms with E-state index in [-0.39, 0.29) is 23.6 Å². The molecule has 0 saturated carbocycles. The summed E-state index contributed by atoms with van der Waals surface area (Å²) in [5, 5.41) is 5.98. The van der Waals surface area contributed by atoms with Crippen molar-refractivity contribution < 1.29 is 17.5 Å². The Balaban J connectivity index is 2.51. The second kappa shape index (κ2) is 9.00. The molecule has 0 aliphatic carbocycles. The van der Waals surface area contributed by atoms with Gasteiger partial charge in [0.1, 0.15) is 5.82 Å². The topological polar surface area (TPSA) is 91.8 Å². The average molecular weight is 374 g/mol. The maximum atomic E-state index is 13.5. The first kappa shape index (κ1) is 21.2. The van der Waals surface area contributed by atoms with Gasteiger partial charge in [-0.3, -0.25) is 9.71 Å². The lowest BCUT2D eigenvalue weighted by Gasteiger charge is -2.24. The molecule has 0 fully saturated rings. The van der Waals surface area contributed by atoms with Gasteiger partial charge < -0.3 is 15.4 Å². The Labute approximate surface area is 149 Å². The fraction of sp³-hybridized carbons (Fsp3) is 0.562. The molecule has 0 bridgehead atoms. The van der Waals surface area contributed by atoms with E-state index in [1.807, 2.05) is 13.8 Å². The van der Waals surface area contributed by atoms with Crippen LogP contribution in [-0.2, 0) is 14.8 Å². The van der Waals surface area contributed by atoms with Crippen LogP contribution in [0.4, 0.5) is 10.1 Å². The van der Waals surface area contributed by atoms with E-state index in [4.69, 9.17) is 4.74 Å². The SMILES string of the molecule is CN=C(NCCS(=O)(=O)Nc1ccc(C)c(F)c1)NCC(C)(C)OC. The molecular weight excluding hydrogens is 347 g/mol. The van der Waals surface area contributed by atoms with Crippen molar-refractivity contribution in [1.29, 1.82) is 0 Å². The Kier molecular flexibility index (Phi) is 7.62. The Hall–Kier alpha value is -1.87. The molecule has 0 aliphatic heterocycles. The molecule has 3 N–H and O–H groups in total. The third-order valence-electron chi connectivity index (χ3n) is 3.57. The molecule has 0 saturated heterocycles. The van der Waals surface area contributed by atoms with Gasteiger partial charge in [0.05, 0.1) is 17.0 Å². The Morgan fingerprint density at radius 2 is 2.00 bits per heavy atom. The van der Waals surface area contributed by atoms with Crippen molar-refractivity contribution in [1.82, 2.24) is 10.6 Å². The molecule has 9 heteroatoms. The maximum Gasteiger partial charge on any atom is 0.234 e. The minimum atomic E-state index is -3.60. The number of nitrogens with one attached hydrogen (secondary N) is 3. The highest BCUT2D eigenvalue weighted by atomic mass is 32.2. The number of hydrogen-bond donors (Lipinski definition) is 3. The van der Waals surface area contributed by atoms with Gasteiger partial charge in [-0.15, -0.1) is 0 Å². The Bertz CT molecular complexity index is 705. The number of anilines is 1. The first-order valence-corrected chi connectivity index (χ1v) is 9.50. The van der Waals surface area contributed by atoms with Crippen LogP contribution in [0.2, 0.25) is 0 Å². The fourth-order valence-corrected chi connectivity index (χ4v) is 2.74. The molecule has 1 aromatic carbocycles. The van der Waals surface area contributed by atoms with Gasteiger partial charge in [0.25, 0.3) is 0 Å². The lowest BCUT2D eigenvalue weighted by atomic mass is 10.1. The zero-order chi connectivity index (χ0) is 19.1. The quantitative estimate of drug-likeness (QED) is 0.473. The summed E-state index contributed by atoms with van der Waals surface area (Å²) in [6.45, 7) is 6.11. The molecule has 0 atom stereocenters. The summed E-state index contributed by atoms with van der Waals surface area (Å²) < 4.78 is 45.3. The van der Waals surface area contributed by atoms with Crippen LogP contribution >= 0.6 is 0 Å². The third-order valence-corrected chi connectivity index (χ3v) is 4.85. The minimum Gasteiger partial charge on any atom is -0.377 e. The van der Waals surface area contributed by atoms with Crippen molar-refractivity contribution in [2.75, 3.05) is 37.7 Å². The van der Waals surface area contributed by atoms with E-state index in [0.717, 1.165) is 6.07 Å². The molecule has 1 rings (SSSR count). The number of nitrogens with zero attached hydrogens (tertiary/aromatic N) is 1. The van der Waals surface area contributed by atoms with E-state index >= 15 is 0 Å². The molecule has 0 unspecified atom stereocenters. The van der Waals surface area contributed by atoms with E-state index in [1.165, 1.54) is 12.1 Å². The lowest BCUT2D eigenvalue weighted by Crippen LogP contribution is -2.46. The molecule has 142 valence electrons. The zero-order valence-corrected chi connectivity index (χ0v) is 16.1. The Morgan fingerprint density at radius 1 is 1.32 bits per heavy atom. The highest BCUT2D eigenvalue weighted by molar-refractivity contribution is 7.92. The summed E-state index contributed by atoms with van der Waals surface area (Å²) in [7, 11) is -0.393. The van der Waals surface area contributed by atoms with Crippen LogP contribution in [0.25, 0.3) is 0 Å². The smallest absolute Gasteiger partial charge is 0.234 e. The monoisotopic (exact) mass is 374 g/mol. The van der Waals surface area contributed by atoms with Gasteiger partial charge in [-0.25, -0.2) is 12.8 Å². The number of ether oxygens (including phenoxy) is 1. The van der Waals surface area contributed by atoms with Crippen LogP contribution in [-0.4, -0.2) is 53.0 Å². The van der Waals surface area contributed by atoms with Crippen molar-refractivity contribution >= 4 is 21.7 Å². The van der Waals surface area contributed by atoms with Crippen LogP contribution in [0.1, 0.15) is 19.4 Å². The summed E-state index contributed by atoms with van der Waals surface area (Å²) in [6, 6.07) is 4.21. The third kappa shape index (κ3) is 7.70. The highest BCUT2D eigenvalue weighted by Gasteiger charge is 2.17. The van der Waals surface area contributed by atoms with E-state index in [2.05, 4.69) is 20.3 Å². The predicted octanol–water partition coefficient (Wildman–Crippen LogP) is 1.47. The van der Waals surface area contributed by atoms with Crippen LogP contribution in [0.5, 0.6) is 0 Å². The van der Waals surface area contributed by atoms with E-state index in [9.17, 15) is 12.8 Å². The molecule has 0 aromatic heterocycles. The summed E-state index contributed by atoms with van der Waals surface area (Å²) >= 11 is 0. The van der Waals surface area contributed by atoms with Gasteiger partial charge in [-0.2, -0.15) is 0 Å². The van der Waals surface area contributed by atoms with E-state index in [1.54, 1.807) is 21.1 Å². The molecular formula is C16H27FN4O3S. The van der Waals surface area contributed by atoms with Gasteiger partial charge in [0.2, 0.25) is 10.0 Å². The van der Waals surface area contributed by atoms with Crippen molar-refractivity contribution in [3.05, 3.63) is 29.6 Å². The fourth-order valence-electron chi connectivity index (χ4n) is 1.78. The van der Waals surface area contributed by atoms with Crippen molar-refractivity contribution in [3.63, 3.8) is 0 Å². The second-order valence-corrected chi connectivity index (χ2v) is 8.04. The largest absolute Gasteiger partial charge is 0.377 e. The first-order valence-electron chi connectivity index (χ1n) is 7.85. The maximum absolute atomic E-state index is 13.5. The van der Waals surface area contributed by atoms with Crippen molar-refractivity contribution in [2.45, 2.75) is 26.4 Å². The van der Waals surface area contributed by atoms with Crippen LogP contribution < -0.4 is 15.4 Å². The first-order chi connectivity index (χ1) is 11.6. The Morgan fingerprint density at radius 3 is 2.56 bits per heavy atom. The van der Waals surface area contributed by atoms with Gasteiger partial charge in [0.15, 0.2) is 5.96 Å². The average Bonchev–Trinajstić information content (AvgIpc) is 2.53. The second-order valence-electron chi connectivity index (χ2n) is 6.20. The lowest BCUT2D eigenvalue weighted by molar-refractivity contribution is 0.0268. The number of halogens is 1. The van der Waals surface area contributed by atoms with Gasteiger partial charge in [-0.1, -0.05) is 6.07 Å². The molecule has 1 aromatic rings. The molecule has 0 radical (unpaired) electrons. The van der Waals surface area contributed by atoms with Crippen LogP contribution in [0.3, 0.4) is 0 Å². The standard InChI is InChI=1S/C16H27FN4O3S/c1-12-6-7-13(10-14(12)17)21-25(22,23)9-8-19-15(18-4)20-11-16(2,3)24-5/h6-7,10,21H,8-9,11H2,1-5H3,(H2,18,19,20). The van der Waals surface area contributed by atoms with E-state index in [0.29, 0.717) is 18.1 Å². The number of methoxy groups -OCH3 is 1. The summed E-state index contributed by atoms with van der Waals surface area (Å²) in [6.07, 6.45) is 0. The number of aliphatic imine (C=N–C) groups is 1. The number of benzene rings is 1. The predicted molar refractivity (Wildman–Crippen MR) is 99.0 cm³/mol. The molecule has 0 aliphatic rings. The highest BCUT2D eigenvalue weighted by Crippen LogP contribution is 2.14. The summed E-state index contributed by atoms with van der Waals surface area (Å²) in [5.41, 5.74) is 0.284. The summed E-state index contributed by atoms with van der Waals surface area (Å²) in [5.74, 6) is -0.165. The number of sulfonamides is 1. The molecule has 7 nitrogen and oxygen atoms in total. The number of hydrogen-bond acceptors (Lipinski definition) is 4. The number of aryl methyl sites for hydroxylation is 1. The zero-order valence-electron chi connectivity index (χ0n) is 15.3. The van der Waals surface area contributed by atoms with Crippen LogP contribution in [0.15, 0.2) is 23.2 Å². The number of rotatable bonds is 8. The summed E-state index contributed by atoms with van der Waals surface area (Å²) in [4.78, 5) is 4.02. The normalized spacial score (nSPS) is 12.8. The van der Waals surface area contributed by atoms with Crippen molar-refractivity contribution in [2.24, 2.45) is 4.99 Å². The van der Waals surface area contributed by atoms with Crippen LogP contribution in [0, 0.1) is 12.7 Å². The molecule has 0 spiro atoms. The molecule has 0 heterocycles. The minimum absolute atomic E-state index is 0.150.